The minimum Gasteiger partial charge on any atom is -0.489 e. The Bertz CT molecular complexity index is 1400. The largest absolute Gasteiger partial charge is 0.489 e. The molecule has 1 aromatic heterocycles. The fraction of sp³-hybridized carbons (Fsp3) is 0.471. The van der Waals surface area contributed by atoms with Crippen LogP contribution in [-0.4, -0.2) is 38.4 Å². The van der Waals surface area contributed by atoms with Crippen LogP contribution in [0, 0.1) is 5.82 Å². The van der Waals surface area contributed by atoms with Gasteiger partial charge >= 0.3 is 5.97 Å². The van der Waals surface area contributed by atoms with E-state index in [0.29, 0.717) is 37.7 Å². The minimum absolute atomic E-state index is 0.165. The number of aromatic nitrogens is 1. The zero-order valence-corrected chi connectivity index (χ0v) is 24.6. The normalized spacial score (nSPS) is 19.1. The van der Waals surface area contributed by atoms with E-state index in [1.807, 2.05) is 25.1 Å². The van der Waals surface area contributed by atoms with Crippen LogP contribution in [0.1, 0.15) is 74.6 Å². The number of rotatable bonds is 11. The Morgan fingerprint density at radius 1 is 1.00 bits per heavy atom. The van der Waals surface area contributed by atoms with E-state index in [0.717, 1.165) is 66.5 Å². The smallest absolute Gasteiger partial charge is 0.306 e. The van der Waals surface area contributed by atoms with Gasteiger partial charge in [-0.1, -0.05) is 44.0 Å². The molecule has 0 amide bonds. The second kappa shape index (κ2) is 12.2. The molecule has 7 heteroatoms. The predicted octanol–water partition coefficient (Wildman–Crippen LogP) is 7.09. The van der Waals surface area contributed by atoms with Crippen molar-refractivity contribution in [3.8, 4) is 22.8 Å². The van der Waals surface area contributed by atoms with Gasteiger partial charge in [0.15, 0.2) is 0 Å². The molecule has 0 aliphatic heterocycles. The molecule has 0 bridgehead atoms. The van der Waals surface area contributed by atoms with Crippen LogP contribution in [0.3, 0.4) is 0 Å². The Hall–Kier alpha value is -3.45. The molecule has 2 aliphatic rings. The number of pyridine rings is 1. The lowest BCUT2D eigenvalue weighted by Gasteiger charge is -2.32. The summed E-state index contributed by atoms with van der Waals surface area (Å²) in [5, 5.41) is 0. The van der Waals surface area contributed by atoms with Crippen molar-refractivity contribution in [2.75, 3.05) is 27.4 Å². The van der Waals surface area contributed by atoms with Crippen LogP contribution < -0.4 is 9.47 Å². The first-order valence-electron chi connectivity index (χ1n) is 14.5. The van der Waals surface area contributed by atoms with Gasteiger partial charge in [-0.05, 0) is 72.6 Å². The highest BCUT2D eigenvalue weighted by Gasteiger charge is 2.39. The average Bonchev–Trinajstić information content (AvgIpc) is 3.57. The summed E-state index contributed by atoms with van der Waals surface area (Å²) in [4.78, 5) is 16.4. The fourth-order valence-corrected chi connectivity index (χ4v) is 6.76. The number of nitrogens with zero attached hydrogens (tertiary/aromatic N) is 1. The van der Waals surface area contributed by atoms with E-state index in [9.17, 15) is 4.79 Å². The van der Waals surface area contributed by atoms with Gasteiger partial charge in [0.2, 0.25) is 5.88 Å². The van der Waals surface area contributed by atoms with Crippen molar-refractivity contribution in [1.29, 1.82) is 0 Å². The summed E-state index contributed by atoms with van der Waals surface area (Å²) in [5.74, 6) is 0.592. The molecule has 1 atom stereocenters. The van der Waals surface area contributed by atoms with Gasteiger partial charge in [-0.15, -0.1) is 0 Å². The lowest BCUT2D eigenvalue weighted by Crippen LogP contribution is -2.29. The van der Waals surface area contributed by atoms with E-state index in [2.05, 4.69) is 30.1 Å². The van der Waals surface area contributed by atoms with Gasteiger partial charge < -0.3 is 18.9 Å². The van der Waals surface area contributed by atoms with Crippen molar-refractivity contribution in [3.05, 3.63) is 76.7 Å². The van der Waals surface area contributed by atoms with Crippen molar-refractivity contribution in [3.63, 3.8) is 0 Å². The second-order valence-corrected chi connectivity index (χ2v) is 11.7. The van der Waals surface area contributed by atoms with E-state index >= 15 is 4.39 Å². The molecule has 0 N–H and O–H groups in total. The SMILES string of the molecule is CCOC(=O)C[C@@]1(C)CCc2ccc(OCc3ccc(-c4cc(OC)ncc4F)c(C4(COC)CCCC4)c3)cc21. The molecule has 2 aliphatic carbocycles. The molecule has 1 fully saturated rings. The van der Waals surface area contributed by atoms with Crippen molar-refractivity contribution in [2.24, 2.45) is 0 Å². The molecule has 218 valence electrons. The summed E-state index contributed by atoms with van der Waals surface area (Å²) in [7, 11) is 3.26. The Kier molecular flexibility index (Phi) is 8.64. The summed E-state index contributed by atoms with van der Waals surface area (Å²) in [5.41, 5.74) is 5.33. The van der Waals surface area contributed by atoms with Gasteiger partial charge in [-0.3, -0.25) is 4.79 Å². The summed E-state index contributed by atoms with van der Waals surface area (Å²) in [6, 6.07) is 14.0. The van der Waals surface area contributed by atoms with Gasteiger partial charge in [0.1, 0.15) is 18.2 Å². The van der Waals surface area contributed by atoms with E-state index in [1.165, 1.54) is 18.9 Å². The monoisotopic (exact) mass is 561 g/mol. The van der Waals surface area contributed by atoms with Crippen molar-refractivity contribution < 1.29 is 28.1 Å². The number of carbonyl (C=O) groups excluding carboxylic acids is 1. The van der Waals surface area contributed by atoms with Gasteiger partial charge in [0, 0.05) is 29.6 Å². The maximum absolute atomic E-state index is 15.1. The van der Waals surface area contributed by atoms with Crippen molar-refractivity contribution in [2.45, 2.75) is 76.2 Å². The quantitative estimate of drug-likeness (QED) is 0.233. The molecule has 2 aromatic carbocycles. The third kappa shape index (κ3) is 5.96. The molecular weight excluding hydrogens is 521 g/mol. The summed E-state index contributed by atoms with van der Waals surface area (Å²) < 4.78 is 37.7. The van der Waals surface area contributed by atoms with Gasteiger partial charge in [0.25, 0.3) is 0 Å². The maximum atomic E-state index is 15.1. The Morgan fingerprint density at radius 2 is 1.80 bits per heavy atom. The average molecular weight is 562 g/mol. The molecule has 3 aromatic rings. The van der Waals surface area contributed by atoms with Crippen LogP contribution in [0.5, 0.6) is 11.6 Å². The lowest BCUT2D eigenvalue weighted by atomic mass is 9.75. The molecule has 0 saturated heterocycles. The van der Waals surface area contributed by atoms with E-state index in [4.69, 9.17) is 18.9 Å². The molecule has 6 nitrogen and oxygen atoms in total. The molecule has 0 spiro atoms. The summed E-state index contributed by atoms with van der Waals surface area (Å²) >= 11 is 0. The highest BCUT2D eigenvalue weighted by molar-refractivity contribution is 5.72. The third-order valence-electron chi connectivity index (χ3n) is 8.89. The molecular formula is C34H40FNO5. The number of methoxy groups -OCH3 is 2. The van der Waals surface area contributed by atoms with Gasteiger partial charge in [-0.25, -0.2) is 9.37 Å². The topological polar surface area (TPSA) is 66.9 Å². The second-order valence-electron chi connectivity index (χ2n) is 11.7. The van der Waals surface area contributed by atoms with Gasteiger partial charge in [0.05, 0.1) is 32.9 Å². The molecule has 0 radical (unpaired) electrons. The molecule has 1 heterocycles. The zero-order chi connectivity index (χ0) is 29.0. The number of carbonyl (C=O) groups is 1. The first-order valence-corrected chi connectivity index (χ1v) is 14.5. The van der Waals surface area contributed by atoms with Crippen LogP contribution in [0.15, 0.2) is 48.7 Å². The predicted molar refractivity (Wildman–Crippen MR) is 156 cm³/mol. The van der Waals surface area contributed by atoms with Crippen molar-refractivity contribution >= 4 is 5.97 Å². The van der Waals surface area contributed by atoms with E-state index in [-0.39, 0.29) is 22.6 Å². The zero-order valence-electron chi connectivity index (χ0n) is 24.6. The van der Waals surface area contributed by atoms with Crippen LogP contribution >= 0.6 is 0 Å². The Labute approximate surface area is 242 Å². The van der Waals surface area contributed by atoms with Crippen molar-refractivity contribution in [1.82, 2.24) is 4.98 Å². The number of aryl methyl sites for hydroxylation is 1. The highest BCUT2D eigenvalue weighted by Crippen LogP contribution is 2.47. The van der Waals surface area contributed by atoms with Crippen LogP contribution in [0.4, 0.5) is 4.39 Å². The highest BCUT2D eigenvalue weighted by atomic mass is 19.1. The standard InChI is InChI=1S/C34H40FNO5/c1-5-40-32(37)19-33(2)15-12-24-9-10-25(17-28(24)33)41-21-23-8-11-26(27-18-31(39-4)36-20-30(27)35)29(16-23)34(22-38-3)13-6-7-14-34/h8-11,16-18,20H,5-7,12-15,19,21-22H2,1-4H3/t33-/m1/s1. The van der Waals surface area contributed by atoms with E-state index in [1.54, 1.807) is 13.2 Å². The number of fused-ring (bicyclic) bond motifs is 1. The number of halogens is 1. The molecule has 1 saturated carbocycles. The number of esters is 1. The molecule has 41 heavy (non-hydrogen) atoms. The lowest BCUT2D eigenvalue weighted by molar-refractivity contribution is -0.144. The molecule has 5 rings (SSSR count). The van der Waals surface area contributed by atoms with Crippen LogP contribution in [0.25, 0.3) is 11.1 Å². The number of ether oxygens (including phenoxy) is 4. The van der Waals surface area contributed by atoms with Crippen LogP contribution in [-0.2, 0) is 38.1 Å². The minimum atomic E-state index is -0.384. The van der Waals surface area contributed by atoms with Crippen LogP contribution in [0.2, 0.25) is 0 Å². The third-order valence-corrected chi connectivity index (χ3v) is 8.89. The number of benzene rings is 2. The fourth-order valence-electron chi connectivity index (χ4n) is 6.76. The summed E-state index contributed by atoms with van der Waals surface area (Å²) in [6.45, 7) is 5.29. The molecule has 0 unspecified atom stereocenters. The van der Waals surface area contributed by atoms with E-state index < -0.39 is 0 Å². The summed E-state index contributed by atoms with van der Waals surface area (Å²) in [6.07, 6.45) is 7.59. The Morgan fingerprint density at radius 3 is 2.54 bits per heavy atom. The first kappa shape index (κ1) is 29.1. The maximum Gasteiger partial charge on any atom is 0.306 e. The number of hydrogen-bond acceptors (Lipinski definition) is 6. The number of hydrogen-bond donors (Lipinski definition) is 0. The van der Waals surface area contributed by atoms with Gasteiger partial charge in [-0.2, -0.15) is 0 Å². The Balaban J connectivity index is 1.45. The first-order chi connectivity index (χ1) is 19.8.